The van der Waals surface area contributed by atoms with Gasteiger partial charge in [0.05, 0.1) is 11.4 Å². The van der Waals surface area contributed by atoms with Gasteiger partial charge in [-0.25, -0.2) is 13.2 Å². The first-order chi connectivity index (χ1) is 14.7. The Morgan fingerprint density at radius 2 is 1.74 bits per heavy atom. The van der Waals surface area contributed by atoms with Gasteiger partial charge in [-0.3, -0.25) is 9.10 Å². The van der Waals surface area contributed by atoms with E-state index in [9.17, 15) is 23.1 Å². The number of nitrogens with zero attached hydrogens (tertiary/aromatic N) is 2. The molecule has 0 atom stereocenters. The number of carbonyl (C=O) groups excluding carboxylic acids is 1. The maximum atomic E-state index is 13.8. The molecule has 2 amide bonds. The number of rotatable bonds is 6. The predicted octanol–water partition coefficient (Wildman–Crippen LogP) is 3.99. The summed E-state index contributed by atoms with van der Waals surface area (Å²) < 4.78 is 29.5. The zero-order chi connectivity index (χ0) is 22.6. The maximum absolute atomic E-state index is 13.8. The van der Waals surface area contributed by atoms with Crippen molar-refractivity contribution < 1.29 is 23.1 Å². The molecule has 1 aliphatic heterocycles. The van der Waals surface area contributed by atoms with Crippen molar-refractivity contribution in [1.82, 2.24) is 4.90 Å². The first kappa shape index (κ1) is 23.1. The van der Waals surface area contributed by atoms with E-state index in [1.807, 2.05) is 0 Å². The van der Waals surface area contributed by atoms with E-state index in [0.717, 1.165) is 0 Å². The van der Waals surface area contributed by atoms with Crippen LogP contribution in [0.4, 0.5) is 16.2 Å². The summed E-state index contributed by atoms with van der Waals surface area (Å²) in [5.41, 5.74) is 0.702. The second kappa shape index (κ2) is 9.69. The molecule has 0 spiro atoms. The van der Waals surface area contributed by atoms with Gasteiger partial charge in [0.1, 0.15) is 4.90 Å². The largest absolute Gasteiger partial charge is 0.465 e. The predicted molar refractivity (Wildman–Crippen MR) is 122 cm³/mol. The van der Waals surface area contributed by atoms with Gasteiger partial charge in [-0.15, -0.1) is 0 Å². The summed E-state index contributed by atoms with van der Waals surface area (Å²) in [5.74, 6) is -0.374. The maximum Gasteiger partial charge on any atom is 0.407 e. The SMILES string of the molecule is CC(=O)Nc1ccccc1S(=O)(=O)N(CC1CCN(C(=O)O)CC1)c1ccccc1Br. The fraction of sp³-hybridized carbons (Fsp3) is 0.333. The van der Waals surface area contributed by atoms with Crippen molar-refractivity contribution in [2.24, 2.45) is 5.92 Å². The summed E-state index contributed by atoms with van der Waals surface area (Å²) in [6.45, 7) is 2.26. The number of hydrogen-bond donors (Lipinski definition) is 2. The van der Waals surface area contributed by atoms with Crippen LogP contribution in [0.25, 0.3) is 0 Å². The van der Waals surface area contributed by atoms with Crippen LogP contribution in [-0.4, -0.2) is 50.1 Å². The second-order valence-corrected chi connectivity index (χ2v) is 10.1. The van der Waals surface area contributed by atoms with Crippen molar-refractivity contribution in [3.05, 3.63) is 53.0 Å². The number of halogens is 1. The molecule has 0 bridgehead atoms. The molecule has 2 N–H and O–H groups in total. The number of hydrogen-bond acceptors (Lipinski definition) is 4. The minimum atomic E-state index is -4.02. The van der Waals surface area contributed by atoms with E-state index in [4.69, 9.17) is 0 Å². The number of carboxylic acid groups (broad SMARTS) is 1. The van der Waals surface area contributed by atoms with Crippen molar-refractivity contribution >= 4 is 49.3 Å². The van der Waals surface area contributed by atoms with E-state index in [-0.39, 0.29) is 29.0 Å². The Hall–Kier alpha value is -2.59. The van der Waals surface area contributed by atoms with Gasteiger partial charge in [0, 0.05) is 31.0 Å². The summed E-state index contributed by atoms with van der Waals surface area (Å²) in [6.07, 6.45) is 0.171. The average molecular weight is 510 g/mol. The molecule has 0 aliphatic carbocycles. The van der Waals surface area contributed by atoms with Gasteiger partial charge in [-0.2, -0.15) is 0 Å². The number of sulfonamides is 1. The van der Waals surface area contributed by atoms with Crippen molar-refractivity contribution in [3.8, 4) is 0 Å². The average Bonchev–Trinajstić information content (AvgIpc) is 2.73. The summed E-state index contributed by atoms with van der Waals surface area (Å²) in [4.78, 5) is 24.2. The summed E-state index contributed by atoms with van der Waals surface area (Å²) in [6, 6.07) is 13.3. The highest BCUT2D eigenvalue weighted by Gasteiger charge is 2.32. The van der Waals surface area contributed by atoms with E-state index in [2.05, 4.69) is 21.2 Å². The van der Waals surface area contributed by atoms with Crippen molar-refractivity contribution in [2.45, 2.75) is 24.7 Å². The molecule has 1 aliphatic rings. The molecule has 3 rings (SSSR count). The third-order valence-electron chi connectivity index (χ3n) is 5.20. The van der Waals surface area contributed by atoms with Crippen LogP contribution in [0.1, 0.15) is 19.8 Å². The molecular weight excluding hydrogens is 486 g/mol. The summed E-state index contributed by atoms with van der Waals surface area (Å²) >= 11 is 3.45. The van der Waals surface area contributed by atoms with Gasteiger partial charge in [-0.1, -0.05) is 24.3 Å². The van der Waals surface area contributed by atoms with Crippen LogP contribution in [0, 0.1) is 5.92 Å². The smallest absolute Gasteiger partial charge is 0.407 e. The van der Waals surface area contributed by atoms with Crippen LogP contribution in [-0.2, 0) is 14.8 Å². The number of piperidine rings is 1. The number of likely N-dealkylation sites (tertiary alicyclic amines) is 1. The van der Waals surface area contributed by atoms with Gasteiger partial charge >= 0.3 is 6.09 Å². The second-order valence-electron chi connectivity index (χ2n) is 7.38. The van der Waals surface area contributed by atoms with Gasteiger partial charge in [0.15, 0.2) is 0 Å². The third kappa shape index (κ3) is 5.37. The number of amides is 2. The van der Waals surface area contributed by atoms with E-state index in [0.29, 0.717) is 36.1 Å². The Morgan fingerprint density at radius 3 is 2.35 bits per heavy atom. The highest BCUT2D eigenvalue weighted by molar-refractivity contribution is 9.10. The van der Waals surface area contributed by atoms with E-state index in [1.165, 1.54) is 22.2 Å². The van der Waals surface area contributed by atoms with E-state index < -0.39 is 16.1 Å². The molecule has 0 saturated carbocycles. The van der Waals surface area contributed by atoms with E-state index in [1.54, 1.807) is 42.5 Å². The highest BCUT2D eigenvalue weighted by atomic mass is 79.9. The monoisotopic (exact) mass is 509 g/mol. The highest BCUT2D eigenvalue weighted by Crippen LogP contribution is 2.35. The first-order valence-corrected chi connectivity index (χ1v) is 12.0. The van der Waals surface area contributed by atoms with Crippen LogP contribution in [0.2, 0.25) is 0 Å². The molecule has 10 heteroatoms. The Morgan fingerprint density at radius 1 is 1.13 bits per heavy atom. The molecule has 1 saturated heterocycles. The van der Waals surface area contributed by atoms with E-state index >= 15 is 0 Å². The lowest BCUT2D eigenvalue weighted by atomic mass is 9.97. The third-order valence-corrected chi connectivity index (χ3v) is 7.70. The number of para-hydroxylation sites is 2. The quantitative estimate of drug-likeness (QED) is 0.611. The van der Waals surface area contributed by atoms with Crippen LogP contribution >= 0.6 is 15.9 Å². The number of carbonyl (C=O) groups is 2. The number of nitrogens with one attached hydrogen (secondary N) is 1. The Balaban J connectivity index is 1.99. The van der Waals surface area contributed by atoms with Crippen LogP contribution < -0.4 is 9.62 Å². The Kier molecular flexibility index (Phi) is 7.22. The van der Waals surface area contributed by atoms with Crippen LogP contribution in [0.3, 0.4) is 0 Å². The fourth-order valence-electron chi connectivity index (χ4n) is 3.62. The lowest BCUT2D eigenvalue weighted by Gasteiger charge is -2.34. The molecule has 0 aromatic heterocycles. The molecular formula is C21H24BrN3O5S. The molecule has 166 valence electrons. The lowest BCUT2D eigenvalue weighted by Crippen LogP contribution is -2.42. The van der Waals surface area contributed by atoms with Crippen molar-refractivity contribution in [1.29, 1.82) is 0 Å². The van der Waals surface area contributed by atoms with Gasteiger partial charge in [0.2, 0.25) is 5.91 Å². The molecule has 31 heavy (non-hydrogen) atoms. The molecule has 2 aromatic carbocycles. The first-order valence-electron chi connectivity index (χ1n) is 9.82. The van der Waals surface area contributed by atoms with Gasteiger partial charge in [0.25, 0.3) is 10.0 Å². The standard InChI is InChI=1S/C21H24BrN3O5S/c1-15(26)23-18-7-3-5-9-20(18)31(29,30)25(19-8-4-2-6-17(19)22)14-16-10-12-24(13-11-16)21(27)28/h2-9,16H,10-14H2,1H3,(H,23,26)(H,27,28). The van der Waals surface area contributed by atoms with Crippen molar-refractivity contribution in [2.75, 3.05) is 29.3 Å². The van der Waals surface area contributed by atoms with Crippen LogP contribution in [0.5, 0.6) is 0 Å². The molecule has 8 nitrogen and oxygen atoms in total. The molecule has 2 aromatic rings. The zero-order valence-corrected chi connectivity index (χ0v) is 19.4. The molecule has 1 fully saturated rings. The van der Waals surface area contributed by atoms with Gasteiger partial charge < -0.3 is 15.3 Å². The molecule has 0 unspecified atom stereocenters. The lowest BCUT2D eigenvalue weighted by molar-refractivity contribution is -0.114. The number of anilines is 2. The topological polar surface area (TPSA) is 107 Å². The fourth-order valence-corrected chi connectivity index (χ4v) is 5.95. The minimum Gasteiger partial charge on any atom is -0.465 e. The Bertz CT molecular complexity index is 1070. The summed E-state index contributed by atoms with van der Waals surface area (Å²) in [5, 5.41) is 11.8. The summed E-state index contributed by atoms with van der Waals surface area (Å²) in [7, 11) is -4.02. The minimum absolute atomic E-state index is 0.00363. The van der Waals surface area contributed by atoms with Crippen LogP contribution in [0.15, 0.2) is 57.9 Å². The number of benzene rings is 2. The normalized spacial score (nSPS) is 14.8. The van der Waals surface area contributed by atoms with Crippen molar-refractivity contribution in [3.63, 3.8) is 0 Å². The van der Waals surface area contributed by atoms with Gasteiger partial charge in [-0.05, 0) is 59.0 Å². The molecule has 0 radical (unpaired) electrons. The molecule has 1 heterocycles. The Labute approximate surface area is 190 Å². The zero-order valence-electron chi connectivity index (χ0n) is 17.0.